The topological polar surface area (TPSA) is 87.7 Å². The van der Waals surface area contributed by atoms with Crippen LogP contribution in [0.15, 0.2) is 42.5 Å². The van der Waals surface area contributed by atoms with Gasteiger partial charge in [0.25, 0.3) is 5.91 Å². The molecule has 0 aliphatic heterocycles. The highest BCUT2D eigenvalue weighted by Gasteiger charge is 2.43. The predicted molar refractivity (Wildman–Crippen MR) is 137 cm³/mol. The van der Waals surface area contributed by atoms with Crippen molar-refractivity contribution in [3.8, 4) is 0 Å². The molecule has 1 saturated carbocycles. The van der Waals surface area contributed by atoms with Crippen molar-refractivity contribution in [3.63, 3.8) is 0 Å². The first kappa shape index (κ1) is 26.3. The van der Waals surface area contributed by atoms with Crippen LogP contribution in [0, 0.1) is 20.8 Å². The lowest BCUT2D eigenvalue weighted by atomic mass is 9.94. The normalized spacial score (nSPS) is 15.1. The van der Waals surface area contributed by atoms with Gasteiger partial charge in [0.2, 0.25) is 5.91 Å². The lowest BCUT2D eigenvalue weighted by Gasteiger charge is -2.34. The van der Waals surface area contributed by atoms with Gasteiger partial charge >= 0.3 is 6.09 Å². The number of carbonyl (C=O) groups excluding carboxylic acids is 3. The van der Waals surface area contributed by atoms with Gasteiger partial charge in [-0.2, -0.15) is 0 Å². The van der Waals surface area contributed by atoms with E-state index in [-0.39, 0.29) is 17.9 Å². The number of nitrogens with zero attached hydrogens (tertiary/aromatic N) is 1. The van der Waals surface area contributed by atoms with Gasteiger partial charge in [0.15, 0.2) is 0 Å². The van der Waals surface area contributed by atoms with E-state index in [4.69, 9.17) is 4.74 Å². The molecule has 188 valence electrons. The number of aryl methyl sites for hydroxylation is 2. The molecule has 0 heterocycles. The van der Waals surface area contributed by atoms with Gasteiger partial charge in [-0.05, 0) is 89.6 Å². The Labute approximate surface area is 208 Å². The van der Waals surface area contributed by atoms with Crippen LogP contribution in [0.1, 0.15) is 68.8 Å². The third-order valence-corrected chi connectivity index (χ3v) is 6.17. The van der Waals surface area contributed by atoms with Crippen LogP contribution in [0.2, 0.25) is 0 Å². The molecule has 2 aromatic rings. The number of ether oxygens (including phenoxy) is 1. The zero-order valence-corrected chi connectivity index (χ0v) is 21.8. The molecule has 0 bridgehead atoms. The Balaban J connectivity index is 1.97. The maximum Gasteiger partial charge on any atom is 0.408 e. The fourth-order valence-electron chi connectivity index (χ4n) is 4.04. The maximum absolute atomic E-state index is 13.8. The summed E-state index contributed by atoms with van der Waals surface area (Å²) in [5, 5.41) is 5.68. The maximum atomic E-state index is 13.8. The number of amides is 3. The summed E-state index contributed by atoms with van der Waals surface area (Å²) >= 11 is 0. The second-order valence-corrected chi connectivity index (χ2v) is 10.3. The van der Waals surface area contributed by atoms with E-state index >= 15 is 0 Å². The van der Waals surface area contributed by atoms with Crippen molar-refractivity contribution in [1.29, 1.82) is 0 Å². The summed E-state index contributed by atoms with van der Waals surface area (Å²) in [4.78, 5) is 41.6. The minimum absolute atomic E-state index is 0.0714. The highest BCUT2D eigenvalue weighted by molar-refractivity contribution is 5.99. The first-order valence-corrected chi connectivity index (χ1v) is 12.1. The summed E-state index contributed by atoms with van der Waals surface area (Å²) in [6.07, 6.45) is 0.954. The van der Waals surface area contributed by atoms with E-state index in [9.17, 15) is 14.4 Å². The standard InChI is InChI=1S/C28H37N3O4/c1-17-12-10-13-22(19(17)3)24(25(32)30-23-14-9-8-11-18(23)2)31(21-15-16-21)26(33)20(4)29-27(34)35-28(5,6)7/h8-14,20-21,24H,15-16H2,1-7H3,(H,29,34)(H,30,32). The molecule has 0 spiro atoms. The number of alkyl carbamates (subject to hydrolysis) is 1. The van der Waals surface area contributed by atoms with E-state index in [1.54, 1.807) is 32.6 Å². The zero-order chi connectivity index (χ0) is 25.9. The molecule has 2 unspecified atom stereocenters. The lowest BCUT2D eigenvalue weighted by molar-refractivity contribution is -0.141. The zero-order valence-electron chi connectivity index (χ0n) is 21.8. The van der Waals surface area contributed by atoms with Crippen molar-refractivity contribution in [2.24, 2.45) is 0 Å². The molecule has 2 aromatic carbocycles. The molecule has 3 rings (SSSR count). The van der Waals surface area contributed by atoms with Crippen LogP contribution >= 0.6 is 0 Å². The van der Waals surface area contributed by atoms with Crippen molar-refractivity contribution in [1.82, 2.24) is 10.2 Å². The van der Waals surface area contributed by atoms with E-state index in [1.807, 2.05) is 63.2 Å². The van der Waals surface area contributed by atoms with E-state index < -0.39 is 23.8 Å². The molecular formula is C28H37N3O4. The number of rotatable bonds is 7. The Morgan fingerprint density at radius 2 is 1.60 bits per heavy atom. The van der Waals surface area contributed by atoms with E-state index in [0.29, 0.717) is 5.69 Å². The second-order valence-electron chi connectivity index (χ2n) is 10.3. The van der Waals surface area contributed by atoms with Gasteiger partial charge in [0, 0.05) is 11.7 Å². The minimum Gasteiger partial charge on any atom is -0.444 e. The summed E-state index contributed by atoms with van der Waals surface area (Å²) in [6.45, 7) is 12.8. The van der Waals surface area contributed by atoms with Crippen molar-refractivity contribution in [3.05, 3.63) is 64.7 Å². The van der Waals surface area contributed by atoms with Gasteiger partial charge in [0.05, 0.1) is 0 Å². The molecule has 1 aliphatic rings. The van der Waals surface area contributed by atoms with Crippen LogP contribution in [0.4, 0.5) is 10.5 Å². The first-order valence-electron chi connectivity index (χ1n) is 12.1. The summed E-state index contributed by atoms with van der Waals surface area (Å²) < 4.78 is 5.33. The molecule has 1 fully saturated rings. The Hall–Kier alpha value is -3.35. The number of para-hydroxylation sites is 1. The van der Waals surface area contributed by atoms with Crippen molar-refractivity contribution >= 4 is 23.6 Å². The molecule has 0 aromatic heterocycles. The smallest absolute Gasteiger partial charge is 0.408 e. The average Bonchev–Trinajstić information content (AvgIpc) is 3.59. The Bertz CT molecular complexity index is 1100. The first-order chi connectivity index (χ1) is 16.4. The van der Waals surface area contributed by atoms with Crippen molar-refractivity contribution < 1.29 is 19.1 Å². The van der Waals surface area contributed by atoms with Crippen molar-refractivity contribution in [2.45, 2.75) is 85.0 Å². The summed E-state index contributed by atoms with van der Waals surface area (Å²) in [7, 11) is 0. The lowest BCUT2D eigenvalue weighted by Crippen LogP contribution is -2.52. The second kappa shape index (κ2) is 10.5. The summed E-state index contributed by atoms with van der Waals surface area (Å²) in [6, 6.07) is 11.6. The van der Waals surface area contributed by atoms with Gasteiger partial charge in [0.1, 0.15) is 17.7 Å². The van der Waals surface area contributed by atoms with Crippen LogP contribution in [0.3, 0.4) is 0 Å². The number of anilines is 1. The monoisotopic (exact) mass is 479 g/mol. The van der Waals surface area contributed by atoms with E-state index in [1.165, 1.54) is 0 Å². The van der Waals surface area contributed by atoms with E-state index in [0.717, 1.165) is 35.1 Å². The molecule has 0 saturated heterocycles. The van der Waals surface area contributed by atoms with Gasteiger partial charge in [-0.1, -0.05) is 36.4 Å². The molecule has 2 N–H and O–H groups in total. The third kappa shape index (κ3) is 6.62. The Morgan fingerprint density at radius 1 is 0.971 bits per heavy atom. The number of carbonyl (C=O) groups is 3. The Morgan fingerprint density at radius 3 is 2.20 bits per heavy atom. The van der Waals surface area contributed by atoms with Crippen LogP contribution in [0.25, 0.3) is 0 Å². The molecule has 3 amide bonds. The summed E-state index contributed by atoms with van der Waals surface area (Å²) in [5.41, 5.74) is 3.74. The van der Waals surface area contributed by atoms with Gasteiger partial charge in [-0.25, -0.2) is 4.79 Å². The molecule has 1 aliphatic carbocycles. The minimum atomic E-state index is -0.857. The van der Waals surface area contributed by atoms with Crippen molar-refractivity contribution in [2.75, 3.05) is 5.32 Å². The average molecular weight is 480 g/mol. The molecule has 0 radical (unpaired) electrons. The SMILES string of the molecule is Cc1ccccc1NC(=O)C(c1cccc(C)c1C)N(C(=O)C(C)NC(=O)OC(C)(C)C)C1CC1. The number of hydrogen-bond acceptors (Lipinski definition) is 4. The predicted octanol–water partition coefficient (Wildman–Crippen LogP) is 5.20. The largest absolute Gasteiger partial charge is 0.444 e. The molecule has 7 heteroatoms. The van der Waals surface area contributed by atoms with Crippen LogP contribution in [0.5, 0.6) is 0 Å². The highest BCUT2D eigenvalue weighted by Crippen LogP contribution is 2.37. The highest BCUT2D eigenvalue weighted by atomic mass is 16.6. The van der Waals surface area contributed by atoms with Crippen LogP contribution < -0.4 is 10.6 Å². The third-order valence-electron chi connectivity index (χ3n) is 6.17. The van der Waals surface area contributed by atoms with Gasteiger partial charge < -0.3 is 20.3 Å². The Kier molecular flexibility index (Phi) is 7.88. The summed E-state index contributed by atoms with van der Waals surface area (Å²) in [5.74, 6) is -0.595. The fourth-order valence-corrected chi connectivity index (χ4v) is 4.04. The quantitative estimate of drug-likeness (QED) is 0.572. The molecule has 35 heavy (non-hydrogen) atoms. The van der Waals surface area contributed by atoms with Crippen LogP contribution in [-0.4, -0.2) is 40.5 Å². The van der Waals surface area contributed by atoms with Gasteiger partial charge in [-0.15, -0.1) is 0 Å². The molecule has 7 nitrogen and oxygen atoms in total. The van der Waals surface area contributed by atoms with E-state index in [2.05, 4.69) is 10.6 Å². The number of benzene rings is 2. The molecule has 2 atom stereocenters. The van der Waals surface area contributed by atoms with Gasteiger partial charge in [-0.3, -0.25) is 9.59 Å². The molecular weight excluding hydrogens is 442 g/mol. The fraction of sp³-hybridized carbons (Fsp3) is 0.464. The number of hydrogen-bond donors (Lipinski definition) is 2. The van der Waals surface area contributed by atoms with Crippen LogP contribution in [-0.2, 0) is 14.3 Å². The number of nitrogens with one attached hydrogen (secondary N) is 2.